The van der Waals surface area contributed by atoms with E-state index >= 15 is 0 Å². The van der Waals surface area contributed by atoms with Crippen LogP contribution in [0.1, 0.15) is 71.6 Å². The van der Waals surface area contributed by atoms with Crippen LogP contribution in [-0.2, 0) is 4.79 Å². The Labute approximate surface area is 201 Å². The van der Waals surface area contributed by atoms with Gasteiger partial charge in [-0.3, -0.25) is 9.69 Å². The highest BCUT2D eigenvalue weighted by molar-refractivity contribution is 5.84. The molecule has 5 rings (SSSR count). The van der Waals surface area contributed by atoms with Crippen molar-refractivity contribution in [3.8, 4) is 0 Å². The van der Waals surface area contributed by atoms with Gasteiger partial charge < -0.3 is 15.3 Å². The molecule has 0 aromatic heterocycles. The second-order valence-corrected chi connectivity index (χ2v) is 12.8. The Bertz CT molecular complexity index is 758. The largest absolute Gasteiger partial charge is 0.390 e. The molecule has 0 spiro atoms. The van der Waals surface area contributed by atoms with E-state index < -0.39 is 5.60 Å². The summed E-state index contributed by atoms with van der Waals surface area (Å²) in [4.78, 5) is 18.3. The molecular formula is C28H47N3O2. The van der Waals surface area contributed by atoms with Crippen molar-refractivity contribution in [2.45, 2.75) is 77.2 Å². The predicted octanol–water partition coefficient (Wildman–Crippen LogP) is 3.88. The van der Waals surface area contributed by atoms with Gasteiger partial charge in [0.05, 0.1) is 18.0 Å². The number of carbonyl (C=O) groups excluding carboxylic acids is 1. The highest BCUT2D eigenvalue weighted by atomic mass is 16.3. The highest BCUT2D eigenvalue weighted by Gasteiger charge is 2.58. The average molecular weight is 458 g/mol. The van der Waals surface area contributed by atoms with Gasteiger partial charge in [-0.2, -0.15) is 0 Å². The fraction of sp³-hybridized carbons (Fsp3) is 0.893. The first kappa shape index (κ1) is 23.7. The molecule has 1 aliphatic heterocycles. The summed E-state index contributed by atoms with van der Waals surface area (Å²) in [5, 5.41) is 13.8. The summed E-state index contributed by atoms with van der Waals surface area (Å²) in [5.41, 5.74) is -0.221. The quantitative estimate of drug-likeness (QED) is 0.656. The third kappa shape index (κ3) is 4.26. The summed E-state index contributed by atoms with van der Waals surface area (Å²) in [6.07, 6.45) is 10.8. The minimum Gasteiger partial charge on any atom is -0.390 e. The fourth-order valence-corrected chi connectivity index (χ4v) is 9.28. The number of rotatable bonds is 5. The van der Waals surface area contributed by atoms with Crippen LogP contribution < -0.4 is 5.32 Å². The minimum atomic E-state index is -0.437. The highest BCUT2D eigenvalue weighted by Crippen LogP contribution is 2.64. The third-order valence-electron chi connectivity index (χ3n) is 11.0. The average Bonchev–Trinajstić information content (AvgIpc) is 3.15. The molecule has 0 aromatic carbocycles. The summed E-state index contributed by atoms with van der Waals surface area (Å²) >= 11 is 0. The molecule has 4 aliphatic carbocycles. The van der Waals surface area contributed by atoms with E-state index in [2.05, 4.69) is 35.5 Å². The minimum absolute atomic E-state index is 0.216. The molecule has 4 saturated carbocycles. The second kappa shape index (κ2) is 8.86. The van der Waals surface area contributed by atoms with Crippen LogP contribution in [0.3, 0.4) is 0 Å². The van der Waals surface area contributed by atoms with Crippen LogP contribution in [0.5, 0.6) is 0 Å². The molecule has 1 saturated heterocycles. The van der Waals surface area contributed by atoms with Gasteiger partial charge in [0.15, 0.2) is 0 Å². The molecule has 0 aromatic rings. The first-order valence-electron chi connectivity index (χ1n) is 13.8. The molecule has 0 unspecified atom stereocenters. The van der Waals surface area contributed by atoms with Crippen molar-refractivity contribution in [1.82, 2.24) is 15.1 Å². The molecule has 186 valence electrons. The van der Waals surface area contributed by atoms with Crippen molar-refractivity contribution in [2.75, 3.05) is 39.8 Å². The molecule has 0 radical (unpaired) electrons. The van der Waals surface area contributed by atoms with Crippen LogP contribution in [-0.4, -0.2) is 66.1 Å². The molecule has 5 aliphatic rings. The van der Waals surface area contributed by atoms with Crippen molar-refractivity contribution in [1.29, 1.82) is 0 Å². The molecule has 5 heteroatoms. The first-order valence-corrected chi connectivity index (χ1v) is 13.8. The maximum absolute atomic E-state index is 13.6. The van der Waals surface area contributed by atoms with Gasteiger partial charge in [-0.15, -0.1) is 0 Å². The normalized spacial score (nSPS) is 45.6. The topological polar surface area (TPSA) is 55.8 Å². The zero-order valence-corrected chi connectivity index (χ0v) is 21.3. The lowest BCUT2D eigenvalue weighted by atomic mass is 9.49. The molecule has 0 bridgehead atoms. The number of carbonyl (C=O) groups is 1. The Kier molecular flexibility index (Phi) is 6.35. The summed E-state index contributed by atoms with van der Waals surface area (Å²) in [7, 11) is 1.93. The van der Waals surface area contributed by atoms with Crippen LogP contribution in [0.15, 0.2) is 12.4 Å². The molecule has 5 fully saturated rings. The number of aliphatic hydroxyl groups is 1. The number of Topliss-reactive ketones (excluding diaryl/α,β-unsaturated/α-hetero) is 1. The molecule has 2 N–H and O–H groups in total. The lowest BCUT2D eigenvalue weighted by Gasteiger charge is -2.57. The van der Waals surface area contributed by atoms with Crippen LogP contribution in [0.2, 0.25) is 0 Å². The second-order valence-electron chi connectivity index (χ2n) is 12.8. The van der Waals surface area contributed by atoms with Gasteiger partial charge in [0.25, 0.3) is 0 Å². The summed E-state index contributed by atoms with van der Waals surface area (Å²) < 4.78 is 0. The Morgan fingerprint density at radius 3 is 2.42 bits per heavy atom. The number of ketones is 1. The van der Waals surface area contributed by atoms with Crippen molar-refractivity contribution >= 4 is 5.78 Å². The van der Waals surface area contributed by atoms with E-state index in [0.29, 0.717) is 12.3 Å². The van der Waals surface area contributed by atoms with Gasteiger partial charge in [0.1, 0.15) is 5.78 Å². The molecule has 5 nitrogen and oxygen atoms in total. The van der Waals surface area contributed by atoms with Gasteiger partial charge in [-0.05, 0) is 99.7 Å². The van der Waals surface area contributed by atoms with E-state index in [1.54, 1.807) is 0 Å². The maximum atomic E-state index is 13.6. The van der Waals surface area contributed by atoms with Crippen LogP contribution >= 0.6 is 0 Å². The van der Waals surface area contributed by atoms with Crippen molar-refractivity contribution in [2.24, 2.45) is 40.9 Å². The smallest absolute Gasteiger partial charge is 0.150 e. The molecule has 33 heavy (non-hydrogen) atoms. The number of fused-ring (bicyclic) bond motifs is 5. The van der Waals surface area contributed by atoms with Gasteiger partial charge in [0, 0.05) is 39.1 Å². The van der Waals surface area contributed by atoms with E-state index in [-0.39, 0.29) is 11.3 Å². The van der Waals surface area contributed by atoms with E-state index in [0.717, 1.165) is 80.9 Å². The Morgan fingerprint density at radius 2 is 1.70 bits per heavy atom. The zero-order chi connectivity index (χ0) is 23.4. The molecule has 8 atom stereocenters. The van der Waals surface area contributed by atoms with Crippen LogP contribution in [0, 0.1) is 40.9 Å². The number of hydrogen-bond donors (Lipinski definition) is 2. The lowest BCUT2D eigenvalue weighted by Crippen LogP contribution is -2.52. The van der Waals surface area contributed by atoms with Gasteiger partial charge in [0.2, 0.25) is 0 Å². The van der Waals surface area contributed by atoms with E-state index in [1.165, 1.54) is 38.5 Å². The van der Waals surface area contributed by atoms with Crippen molar-refractivity contribution < 1.29 is 9.90 Å². The number of nitrogens with one attached hydrogen (secondary N) is 1. The SMILES string of the molecule is C=C(NC)N1CCN(CC(=O)[C@H]2CC[C@H]3[C@@H]4CC[C@@H]5C[C@](C)(O)CC[C@@H]5[C@H]4CC[C@]23C)CC1. The maximum Gasteiger partial charge on any atom is 0.150 e. The monoisotopic (exact) mass is 457 g/mol. The third-order valence-corrected chi connectivity index (χ3v) is 11.0. The van der Waals surface area contributed by atoms with E-state index in [4.69, 9.17) is 0 Å². The number of piperazine rings is 1. The van der Waals surface area contributed by atoms with Gasteiger partial charge in [-0.25, -0.2) is 0 Å². The first-order chi connectivity index (χ1) is 15.7. The summed E-state index contributed by atoms with van der Waals surface area (Å²) in [6.45, 7) is 13.1. The zero-order valence-electron chi connectivity index (χ0n) is 21.3. The lowest BCUT2D eigenvalue weighted by molar-refractivity contribution is -0.133. The summed E-state index contributed by atoms with van der Waals surface area (Å²) in [5.74, 6) is 5.73. The van der Waals surface area contributed by atoms with Crippen molar-refractivity contribution in [3.63, 3.8) is 0 Å². The molecule has 0 amide bonds. The van der Waals surface area contributed by atoms with Gasteiger partial charge in [-0.1, -0.05) is 13.5 Å². The Hall–Kier alpha value is -1.07. The molecular weight excluding hydrogens is 410 g/mol. The molecule has 1 heterocycles. The van der Waals surface area contributed by atoms with Gasteiger partial charge >= 0.3 is 0 Å². The predicted molar refractivity (Wildman–Crippen MR) is 132 cm³/mol. The number of hydrogen-bond acceptors (Lipinski definition) is 5. The fourth-order valence-electron chi connectivity index (χ4n) is 9.28. The number of nitrogens with zero attached hydrogens (tertiary/aromatic N) is 2. The van der Waals surface area contributed by atoms with E-state index in [1.807, 2.05) is 7.05 Å². The van der Waals surface area contributed by atoms with E-state index in [9.17, 15) is 9.90 Å². The summed E-state index contributed by atoms with van der Waals surface area (Å²) in [6, 6.07) is 0. The Balaban J connectivity index is 1.21. The standard InChI is InChI=1S/C28H47N3O2/c1-19(29-4)31-15-13-30(14-16-31)18-26(32)25-8-7-24-23-6-5-20-17-27(2,33)11-9-21(20)22(23)10-12-28(24,25)3/h20-25,29,33H,1,5-18H2,2-4H3/t20-,21+,22-,23-,24+,25-,27-,28+/m1/s1. The van der Waals surface area contributed by atoms with Crippen LogP contribution in [0.25, 0.3) is 0 Å². The van der Waals surface area contributed by atoms with Crippen molar-refractivity contribution in [3.05, 3.63) is 12.4 Å². The van der Waals surface area contributed by atoms with Crippen LogP contribution in [0.4, 0.5) is 0 Å². The Morgan fingerprint density at radius 1 is 0.970 bits per heavy atom.